The Morgan fingerprint density at radius 1 is 1.14 bits per heavy atom. The van der Waals surface area contributed by atoms with Gasteiger partial charge in [0.05, 0.1) is 5.56 Å². The lowest BCUT2D eigenvalue weighted by Gasteiger charge is -2.36. The van der Waals surface area contributed by atoms with Crippen LogP contribution in [0.2, 0.25) is 0 Å². The second kappa shape index (κ2) is 6.85. The molecule has 0 aliphatic carbocycles. The van der Waals surface area contributed by atoms with E-state index in [0.29, 0.717) is 32.2 Å². The van der Waals surface area contributed by atoms with Crippen LogP contribution in [0.25, 0.3) is 0 Å². The minimum absolute atomic E-state index is 0.0307. The molecular weight excluding hydrogens is 290 g/mol. The lowest BCUT2D eigenvalue weighted by Crippen LogP contribution is -2.51. The molecular formula is C16H20F2N2O2. The maximum Gasteiger partial charge on any atom is 0.256 e. The molecule has 0 spiro atoms. The number of rotatable bonds is 3. The summed E-state index contributed by atoms with van der Waals surface area (Å²) >= 11 is 0. The molecule has 2 rings (SSSR count). The van der Waals surface area contributed by atoms with Crippen LogP contribution in [0.1, 0.15) is 30.6 Å². The first-order valence-corrected chi connectivity index (χ1v) is 7.47. The summed E-state index contributed by atoms with van der Waals surface area (Å²) in [4.78, 5) is 27.6. The number of halogens is 2. The largest absolute Gasteiger partial charge is 0.339 e. The molecule has 1 aliphatic rings. The normalized spacial score (nSPS) is 16.5. The molecule has 1 heterocycles. The fourth-order valence-corrected chi connectivity index (χ4v) is 2.45. The van der Waals surface area contributed by atoms with Crippen LogP contribution in [-0.2, 0) is 4.79 Å². The molecule has 0 aromatic heterocycles. The number of benzene rings is 1. The average molecular weight is 310 g/mol. The van der Waals surface area contributed by atoms with Crippen LogP contribution in [0.3, 0.4) is 0 Å². The molecule has 1 aromatic rings. The minimum atomic E-state index is -0.858. The van der Waals surface area contributed by atoms with E-state index in [9.17, 15) is 18.4 Å². The van der Waals surface area contributed by atoms with Gasteiger partial charge in [-0.2, -0.15) is 0 Å². The van der Waals surface area contributed by atoms with Gasteiger partial charge < -0.3 is 9.80 Å². The van der Waals surface area contributed by atoms with E-state index < -0.39 is 17.5 Å². The third-order valence-corrected chi connectivity index (χ3v) is 4.07. The predicted octanol–water partition coefficient (Wildman–Crippen LogP) is 2.30. The van der Waals surface area contributed by atoms with Crippen LogP contribution < -0.4 is 0 Å². The fourth-order valence-electron chi connectivity index (χ4n) is 2.45. The predicted molar refractivity (Wildman–Crippen MR) is 78.3 cm³/mol. The first-order chi connectivity index (χ1) is 10.4. The maximum absolute atomic E-state index is 13.7. The summed E-state index contributed by atoms with van der Waals surface area (Å²) in [6.45, 7) is 5.44. The van der Waals surface area contributed by atoms with Crippen molar-refractivity contribution < 1.29 is 18.4 Å². The highest BCUT2D eigenvalue weighted by atomic mass is 19.1. The second-order valence-corrected chi connectivity index (χ2v) is 5.55. The van der Waals surface area contributed by atoms with E-state index >= 15 is 0 Å². The van der Waals surface area contributed by atoms with Crippen LogP contribution in [0, 0.1) is 17.6 Å². The lowest BCUT2D eigenvalue weighted by molar-refractivity contribution is -0.136. The van der Waals surface area contributed by atoms with E-state index in [-0.39, 0.29) is 17.4 Å². The summed E-state index contributed by atoms with van der Waals surface area (Å²) in [5, 5.41) is 0. The third-order valence-electron chi connectivity index (χ3n) is 4.07. The van der Waals surface area contributed by atoms with Gasteiger partial charge >= 0.3 is 0 Å². The smallest absolute Gasteiger partial charge is 0.256 e. The third kappa shape index (κ3) is 3.43. The molecule has 22 heavy (non-hydrogen) atoms. The first kappa shape index (κ1) is 16.4. The summed E-state index contributed by atoms with van der Waals surface area (Å²) in [7, 11) is 0. The summed E-state index contributed by atoms with van der Waals surface area (Å²) in [5.74, 6) is -1.98. The number of hydrogen-bond donors (Lipinski definition) is 0. The van der Waals surface area contributed by atoms with E-state index in [1.807, 2.05) is 13.8 Å². The van der Waals surface area contributed by atoms with Crippen molar-refractivity contribution in [1.82, 2.24) is 9.80 Å². The zero-order valence-corrected chi connectivity index (χ0v) is 12.8. The average Bonchev–Trinajstić information content (AvgIpc) is 2.53. The molecule has 0 bridgehead atoms. The van der Waals surface area contributed by atoms with Crippen molar-refractivity contribution in [1.29, 1.82) is 0 Å². The highest BCUT2D eigenvalue weighted by Gasteiger charge is 2.27. The molecule has 1 atom stereocenters. The Labute approximate surface area is 128 Å². The van der Waals surface area contributed by atoms with E-state index in [4.69, 9.17) is 0 Å². The Morgan fingerprint density at radius 2 is 1.73 bits per heavy atom. The molecule has 1 fully saturated rings. The molecule has 4 nitrogen and oxygen atoms in total. The van der Waals surface area contributed by atoms with Crippen molar-refractivity contribution >= 4 is 11.8 Å². The van der Waals surface area contributed by atoms with Crippen molar-refractivity contribution in [3.63, 3.8) is 0 Å². The molecule has 0 saturated carbocycles. The summed E-state index contributed by atoms with van der Waals surface area (Å²) < 4.78 is 26.6. The van der Waals surface area contributed by atoms with Crippen LogP contribution in [-0.4, -0.2) is 47.8 Å². The zero-order valence-electron chi connectivity index (χ0n) is 12.8. The van der Waals surface area contributed by atoms with Crippen LogP contribution in [0.15, 0.2) is 18.2 Å². The molecule has 1 saturated heterocycles. The zero-order chi connectivity index (χ0) is 16.3. The maximum atomic E-state index is 13.7. The van der Waals surface area contributed by atoms with Crippen molar-refractivity contribution in [3.8, 4) is 0 Å². The Morgan fingerprint density at radius 3 is 2.27 bits per heavy atom. The Kier molecular flexibility index (Phi) is 5.11. The van der Waals surface area contributed by atoms with Gasteiger partial charge in [-0.15, -0.1) is 0 Å². The molecule has 120 valence electrons. The summed E-state index contributed by atoms with van der Waals surface area (Å²) in [5.41, 5.74) is -0.136. The van der Waals surface area contributed by atoms with E-state index in [0.717, 1.165) is 18.6 Å². The number of piperazine rings is 1. The summed E-state index contributed by atoms with van der Waals surface area (Å²) in [6.07, 6.45) is 0.777. The van der Waals surface area contributed by atoms with Gasteiger partial charge in [-0.05, 0) is 18.6 Å². The second-order valence-electron chi connectivity index (χ2n) is 5.55. The quantitative estimate of drug-likeness (QED) is 0.859. The number of nitrogens with zero attached hydrogens (tertiary/aromatic N) is 2. The van der Waals surface area contributed by atoms with Gasteiger partial charge in [0, 0.05) is 38.2 Å². The highest BCUT2D eigenvalue weighted by molar-refractivity contribution is 5.94. The topological polar surface area (TPSA) is 40.6 Å². The standard InChI is InChI=1S/C16H20F2N2O2/c1-3-11(2)15(21)19-6-8-20(9-7-19)16(22)13-5-4-12(17)10-14(13)18/h4-5,10-11H,3,6-9H2,1-2H3. The highest BCUT2D eigenvalue weighted by Crippen LogP contribution is 2.15. The lowest BCUT2D eigenvalue weighted by atomic mass is 10.1. The SMILES string of the molecule is CCC(C)C(=O)N1CCN(C(=O)c2ccc(F)cc2F)CC1. The van der Waals surface area contributed by atoms with Crippen molar-refractivity contribution in [2.24, 2.45) is 5.92 Å². The van der Waals surface area contributed by atoms with Gasteiger partial charge in [0.1, 0.15) is 11.6 Å². The van der Waals surface area contributed by atoms with Crippen LogP contribution in [0.5, 0.6) is 0 Å². The van der Waals surface area contributed by atoms with Gasteiger partial charge in [0.25, 0.3) is 5.91 Å². The molecule has 0 N–H and O–H groups in total. The number of hydrogen-bond acceptors (Lipinski definition) is 2. The van der Waals surface area contributed by atoms with Gasteiger partial charge in [-0.25, -0.2) is 8.78 Å². The van der Waals surface area contributed by atoms with Gasteiger partial charge in [-0.3, -0.25) is 9.59 Å². The Bertz CT molecular complexity index is 569. The molecule has 2 amide bonds. The van der Waals surface area contributed by atoms with Crippen molar-refractivity contribution in [3.05, 3.63) is 35.4 Å². The van der Waals surface area contributed by atoms with E-state index in [1.165, 1.54) is 4.90 Å². The molecule has 1 aliphatic heterocycles. The number of amides is 2. The monoisotopic (exact) mass is 310 g/mol. The van der Waals surface area contributed by atoms with Crippen molar-refractivity contribution in [2.45, 2.75) is 20.3 Å². The first-order valence-electron chi connectivity index (χ1n) is 7.47. The fraction of sp³-hybridized carbons (Fsp3) is 0.500. The van der Waals surface area contributed by atoms with Crippen LogP contribution >= 0.6 is 0 Å². The summed E-state index contributed by atoms with van der Waals surface area (Å²) in [6, 6.07) is 2.93. The van der Waals surface area contributed by atoms with Crippen molar-refractivity contribution in [2.75, 3.05) is 26.2 Å². The Hall–Kier alpha value is -1.98. The number of carbonyl (C=O) groups is 2. The van der Waals surface area contributed by atoms with Crippen LogP contribution in [0.4, 0.5) is 8.78 Å². The van der Waals surface area contributed by atoms with Gasteiger partial charge in [0.15, 0.2) is 0 Å². The molecule has 0 radical (unpaired) electrons. The minimum Gasteiger partial charge on any atom is -0.339 e. The molecule has 1 aromatic carbocycles. The number of carbonyl (C=O) groups excluding carboxylic acids is 2. The van der Waals surface area contributed by atoms with E-state index in [2.05, 4.69) is 0 Å². The van der Waals surface area contributed by atoms with Gasteiger partial charge in [-0.1, -0.05) is 13.8 Å². The van der Waals surface area contributed by atoms with E-state index in [1.54, 1.807) is 4.90 Å². The molecule has 6 heteroatoms. The molecule has 1 unspecified atom stereocenters. The van der Waals surface area contributed by atoms with Gasteiger partial charge in [0.2, 0.25) is 5.91 Å². The Balaban J connectivity index is 1.99.